The van der Waals surface area contributed by atoms with Crippen molar-refractivity contribution in [2.45, 2.75) is 25.6 Å². The van der Waals surface area contributed by atoms with Gasteiger partial charge < -0.3 is 4.74 Å². The molecule has 1 N–H and O–H groups in total. The van der Waals surface area contributed by atoms with Gasteiger partial charge in [0.15, 0.2) is 0 Å². The highest BCUT2D eigenvalue weighted by atomic mass is 32.1. The van der Waals surface area contributed by atoms with Crippen molar-refractivity contribution in [2.75, 3.05) is 19.7 Å². The number of rotatable bonds is 5. The molecule has 0 radical (unpaired) electrons. The standard InChI is InChI=1S/C17H21N5OS/c1-6-19-22(9-1)12-14-11-21(8-2-10-23-14)13-15-3-4-17(24-15)16-5-7-18-20-16/h1,3-7,9,14H,2,8,10-13H2,(H,18,20)/t14-/m1/s1. The lowest BCUT2D eigenvalue weighted by molar-refractivity contribution is 0.0392. The quantitative estimate of drug-likeness (QED) is 0.774. The molecule has 3 aromatic heterocycles. The summed E-state index contributed by atoms with van der Waals surface area (Å²) >= 11 is 1.83. The average Bonchev–Trinajstić information content (AvgIpc) is 3.30. The molecule has 126 valence electrons. The molecular formula is C17H21N5OS. The predicted molar refractivity (Wildman–Crippen MR) is 93.8 cm³/mol. The molecule has 0 saturated carbocycles. The normalized spacial score (nSPS) is 19.4. The molecule has 0 amide bonds. The third-order valence-electron chi connectivity index (χ3n) is 4.19. The first-order valence-electron chi connectivity index (χ1n) is 8.27. The maximum absolute atomic E-state index is 6.00. The van der Waals surface area contributed by atoms with E-state index in [1.165, 1.54) is 9.75 Å². The summed E-state index contributed by atoms with van der Waals surface area (Å²) in [5.41, 5.74) is 1.09. The minimum atomic E-state index is 0.194. The molecule has 0 aromatic carbocycles. The molecule has 1 fully saturated rings. The second-order valence-electron chi connectivity index (χ2n) is 6.05. The van der Waals surface area contributed by atoms with Crippen molar-refractivity contribution in [3.05, 3.63) is 47.7 Å². The van der Waals surface area contributed by atoms with E-state index in [0.717, 1.165) is 44.9 Å². The number of nitrogens with one attached hydrogen (secondary N) is 1. The fourth-order valence-electron chi connectivity index (χ4n) is 3.06. The van der Waals surface area contributed by atoms with Crippen LogP contribution in [0, 0.1) is 0 Å². The first-order chi connectivity index (χ1) is 11.9. The van der Waals surface area contributed by atoms with Crippen LogP contribution in [0.3, 0.4) is 0 Å². The summed E-state index contributed by atoms with van der Waals surface area (Å²) in [4.78, 5) is 5.10. The Morgan fingerprint density at radius 2 is 2.29 bits per heavy atom. The van der Waals surface area contributed by atoms with Crippen LogP contribution in [-0.4, -0.2) is 50.7 Å². The van der Waals surface area contributed by atoms with Crippen molar-refractivity contribution < 1.29 is 4.74 Å². The van der Waals surface area contributed by atoms with Crippen molar-refractivity contribution in [1.29, 1.82) is 0 Å². The molecule has 1 aliphatic heterocycles. The summed E-state index contributed by atoms with van der Waals surface area (Å²) in [5, 5.41) is 11.3. The van der Waals surface area contributed by atoms with Crippen LogP contribution < -0.4 is 0 Å². The fourth-order valence-corrected chi connectivity index (χ4v) is 4.09. The van der Waals surface area contributed by atoms with Crippen LogP contribution in [0.4, 0.5) is 0 Å². The third kappa shape index (κ3) is 3.75. The summed E-state index contributed by atoms with van der Waals surface area (Å²) in [7, 11) is 0. The predicted octanol–water partition coefficient (Wildman–Crippen LogP) is 2.63. The molecule has 1 saturated heterocycles. The van der Waals surface area contributed by atoms with Gasteiger partial charge in [-0.2, -0.15) is 10.2 Å². The molecule has 0 bridgehead atoms. The summed E-state index contributed by atoms with van der Waals surface area (Å²) in [6.45, 7) is 4.63. The highest BCUT2D eigenvalue weighted by molar-refractivity contribution is 7.15. The molecule has 7 heteroatoms. The minimum Gasteiger partial charge on any atom is -0.375 e. The van der Waals surface area contributed by atoms with E-state index >= 15 is 0 Å². The van der Waals surface area contributed by atoms with E-state index in [0.29, 0.717) is 0 Å². The van der Waals surface area contributed by atoms with Gasteiger partial charge in [-0.3, -0.25) is 14.7 Å². The maximum atomic E-state index is 6.00. The Hall–Kier alpha value is -1.96. The Morgan fingerprint density at radius 3 is 3.12 bits per heavy atom. The third-order valence-corrected chi connectivity index (χ3v) is 5.29. The van der Waals surface area contributed by atoms with E-state index in [4.69, 9.17) is 4.74 Å². The van der Waals surface area contributed by atoms with Crippen molar-refractivity contribution in [3.63, 3.8) is 0 Å². The van der Waals surface area contributed by atoms with Crippen LogP contribution in [0.1, 0.15) is 11.3 Å². The van der Waals surface area contributed by atoms with Gasteiger partial charge in [0, 0.05) is 49.7 Å². The number of H-pyrrole nitrogens is 1. The second-order valence-corrected chi connectivity index (χ2v) is 7.21. The van der Waals surface area contributed by atoms with Gasteiger partial charge in [-0.25, -0.2) is 0 Å². The number of aromatic amines is 1. The van der Waals surface area contributed by atoms with E-state index in [9.17, 15) is 0 Å². The van der Waals surface area contributed by atoms with Crippen molar-refractivity contribution >= 4 is 11.3 Å². The average molecular weight is 343 g/mol. The fraction of sp³-hybridized carbons (Fsp3) is 0.412. The lowest BCUT2D eigenvalue weighted by Gasteiger charge is -2.23. The summed E-state index contributed by atoms with van der Waals surface area (Å²) in [6, 6.07) is 8.35. The first kappa shape index (κ1) is 15.6. The molecule has 4 heterocycles. The molecule has 1 aliphatic rings. The summed E-state index contributed by atoms with van der Waals surface area (Å²) in [6.07, 6.45) is 6.88. The molecule has 0 aliphatic carbocycles. The van der Waals surface area contributed by atoms with E-state index in [2.05, 4.69) is 32.3 Å². The SMILES string of the molecule is c1cnn(C[C@H]2CN(Cc3ccc(-c4ccn[nH]4)s3)CCCO2)c1. The van der Waals surface area contributed by atoms with E-state index in [-0.39, 0.29) is 6.10 Å². The first-order valence-corrected chi connectivity index (χ1v) is 9.08. The van der Waals surface area contributed by atoms with Crippen LogP contribution >= 0.6 is 11.3 Å². The number of hydrogen-bond donors (Lipinski definition) is 1. The molecule has 24 heavy (non-hydrogen) atoms. The molecule has 1 atom stereocenters. The van der Waals surface area contributed by atoms with Crippen molar-refractivity contribution in [1.82, 2.24) is 24.9 Å². The van der Waals surface area contributed by atoms with Crippen LogP contribution in [0.5, 0.6) is 0 Å². The van der Waals surface area contributed by atoms with Gasteiger partial charge in [0.1, 0.15) is 0 Å². The van der Waals surface area contributed by atoms with Gasteiger partial charge in [-0.15, -0.1) is 11.3 Å². The Kier molecular flexibility index (Phi) is 4.73. The maximum Gasteiger partial charge on any atom is 0.0897 e. The molecule has 3 aromatic rings. The topological polar surface area (TPSA) is 59.0 Å². The molecule has 0 unspecified atom stereocenters. The number of thiophene rings is 1. The lowest BCUT2D eigenvalue weighted by Crippen LogP contribution is -2.33. The lowest BCUT2D eigenvalue weighted by atomic mass is 10.3. The zero-order valence-corrected chi connectivity index (χ0v) is 14.3. The number of ether oxygens (including phenoxy) is 1. The van der Waals surface area contributed by atoms with Gasteiger partial charge >= 0.3 is 0 Å². The van der Waals surface area contributed by atoms with Gasteiger partial charge in [0.2, 0.25) is 0 Å². The van der Waals surface area contributed by atoms with E-state index in [1.54, 1.807) is 6.20 Å². The minimum absolute atomic E-state index is 0.194. The Labute approximate surface area is 145 Å². The highest BCUT2D eigenvalue weighted by Gasteiger charge is 2.20. The largest absolute Gasteiger partial charge is 0.375 e. The Bertz CT molecular complexity index is 737. The molecule has 4 rings (SSSR count). The van der Waals surface area contributed by atoms with Crippen LogP contribution in [0.2, 0.25) is 0 Å². The number of nitrogens with zero attached hydrogens (tertiary/aromatic N) is 4. The highest BCUT2D eigenvalue weighted by Crippen LogP contribution is 2.27. The summed E-state index contributed by atoms with van der Waals surface area (Å²) < 4.78 is 7.95. The van der Waals surface area contributed by atoms with Gasteiger partial charge in [0.05, 0.1) is 23.2 Å². The summed E-state index contributed by atoms with van der Waals surface area (Å²) in [5.74, 6) is 0. The number of aromatic nitrogens is 4. The van der Waals surface area contributed by atoms with Crippen molar-refractivity contribution in [2.24, 2.45) is 0 Å². The van der Waals surface area contributed by atoms with Crippen LogP contribution in [0.25, 0.3) is 10.6 Å². The number of hydrogen-bond acceptors (Lipinski definition) is 5. The van der Waals surface area contributed by atoms with Crippen LogP contribution in [-0.2, 0) is 17.8 Å². The zero-order chi connectivity index (χ0) is 16.2. The second kappa shape index (κ2) is 7.29. The smallest absolute Gasteiger partial charge is 0.0897 e. The monoisotopic (exact) mass is 343 g/mol. The van der Waals surface area contributed by atoms with E-state index < -0.39 is 0 Å². The van der Waals surface area contributed by atoms with Gasteiger partial charge in [-0.1, -0.05) is 0 Å². The Balaban J connectivity index is 1.39. The van der Waals surface area contributed by atoms with Crippen LogP contribution in [0.15, 0.2) is 42.9 Å². The molecular weight excluding hydrogens is 322 g/mol. The van der Waals surface area contributed by atoms with E-state index in [1.807, 2.05) is 40.5 Å². The van der Waals surface area contributed by atoms with Crippen molar-refractivity contribution in [3.8, 4) is 10.6 Å². The molecule has 0 spiro atoms. The zero-order valence-electron chi connectivity index (χ0n) is 13.5. The van der Waals surface area contributed by atoms with Gasteiger partial charge in [0.25, 0.3) is 0 Å². The molecule has 6 nitrogen and oxygen atoms in total. The Morgan fingerprint density at radius 1 is 1.29 bits per heavy atom. The van der Waals surface area contributed by atoms with Gasteiger partial charge in [-0.05, 0) is 30.7 Å².